The lowest BCUT2D eigenvalue weighted by Gasteiger charge is -2.17. The average Bonchev–Trinajstić information content (AvgIpc) is 3.09. The molecule has 106 valence electrons. The molecule has 2 aromatic heterocycles. The molecule has 1 aliphatic heterocycles. The smallest absolute Gasteiger partial charge is 0.276 e. The van der Waals surface area contributed by atoms with Gasteiger partial charge in [0.1, 0.15) is 5.69 Å². The zero-order valence-electron chi connectivity index (χ0n) is 11.6. The summed E-state index contributed by atoms with van der Waals surface area (Å²) in [7, 11) is 0. The van der Waals surface area contributed by atoms with Gasteiger partial charge in [-0.25, -0.2) is 4.98 Å². The van der Waals surface area contributed by atoms with E-state index in [2.05, 4.69) is 20.0 Å². The van der Waals surface area contributed by atoms with Crippen LogP contribution >= 0.6 is 0 Å². The van der Waals surface area contributed by atoms with Crippen LogP contribution in [0.5, 0.6) is 0 Å². The van der Waals surface area contributed by atoms with Crippen LogP contribution < -0.4 is 5.73 Å². The van der Waals surface area contributed by atoms with Gasteiger partial charge in [0.15, 0.2) is 5.82 Å². The molecule has 0 bridgehead atoms. The van der Waals surface area contributed by atoms with Crippen molar-refractivity contribution in [3.8, 4) is 11.6 Å². The highest BCUT2D eigenvalue weighted by Gasteiger charge is 2.20. The molecule has 2 aromatic rings. The molecule has 1 atom stereocenters. The molecule has 20 heavy (non-hydrogen) atoms. The lowest BCUT2D eigenvalue weighted by atomic mass is 10.2. The molecule has 6 heteroatoms. The van der Waals surface area contributed by atoms with Crippen LogP contribution in [0.2, 0.25) is 0 Å². The predicted molar refractivity (Wildman–Crippen MR) is 74.9 cm³/mol. The van der Waals surface area contributed by atoms with Gasteiger partial charge in [0.05, 0.1) is 6.04 Å². The summed E-state index contributed by atoms with van der Waals surface area (Å²) in [6, 6.07) is 5.50. The number of aryl methyl sites for hydroxylation is 1. The first-order valence-electron chi connectivity index (χ1n) is 6.98. The summed E-state index contributed by atoms with van der Waals surface area (Å²) in [5.41, 5.74) is 7.76. The summed E-state index contributed by atoms with van der Waals surface area (Å²) in [4.78, 5) is 11.1. The van der Waals surface area contributed by atoms with Gasteiger partial charge in [0.25, 0.3) is 5.89 Å². The van der Waals surface area contributed by atoms with Gasteiger partial charge in [-0.1, -0.05) is 11.2 Å². The topological polar surface area (TPSA) is 81.1 Å². The van der Waals surface area contributed by atoms with E-state index >= 15 is 0 Å². The molecule has 1 unspecified atom stereocenters. The van der Waals surface area contributed by atoms with Crippen molar-refractivity contribution in [3.05, 3.63) is 29.7 Å². The van der Waals surface area contributed by atoms with E-state index in [0.29, 0.717) is 17.4 Å². The SMILES string of the molecule is Cc1cccc(-c2nc(C(N)CN3CCCC3)no2)n1. The molecule has 0 radical (unpaired) electrons. The molecule has 0 aliphatic carbocycles. The van der Waals surface area contributed by atoms with Gasteiger partial charge in [-0.2, -0.15) is 4.98 Å². The summed E-state index contributed by atoms with van der Waals surface area (Å²) in [6.45, 7) is 4.93. The number of likely N-dealkylation sites (tertiary alicyclic amines) is 1. The van der Waals surface area contributed by atoms with Crippen molar-refractivity contribution in [2.75, 3.05) is 19.6 Å². The van der Waals surface area contributed by atoms with E-state index in [0.717, 1.165) is 25.3 Å². The van der Waals surface area contributed by atoms with Crippen molar-refractivity contribution in [3.63, 3.8) is 0 Å². The van der Waals surface area contributed by atoms with E-state index in [4.69, 9.17) is 10.3 Å². The van der Waals surface area contributed by atoms with Crippen molar-refractivity contribution < 1.29 is 4.52 Å². The molecule has 6 nitrogen and oxygen atoms in total. The van der Waals surface area contributed by atoms with Gasteiger partial charge >= 0.3 is 0 Å². The molecule has 0 amide bonds. The highest BCUT2D eigenvalue weighted by molar-refractivity contribution is 5.46. The van der Waals surface area contributed by atoms with Crippen LogP contribution in [0.3, 0.4) is 0 Å². The van der Waals surface area contributed by atoms with Crippen LogP contribution in [0, 0.1) is 6.92 Å². The van der Waals surface area contributed by atoms with E-state index in [1.54, 1.807) is 0 Å². The maximum Gasteiger partial charge on any atom is 0.276 e. The molecule has 1 saturated heterocycles. The predicted octanol–water partition coefficient (Wildman–Crippen LogP) is 1.54. The van der Waals surface area contributed by atoms with Crippen molar-refractivity contribution in [1.29, 1.82) is 0 Å². The number of nitrogens with zero attached hydrogens (tertiary/aromatic N) is 4. The Kier molecular flexibility index (Phi) is 3.75. The minimum absolute atomic E-state index is 0.213. The molecular weight excluding hydrogens is 254 g/mol. The van der Waals surface area contributed by atoms with E-state index < -0.39 is 0 Å². The quantitative estimate of drug-likeness (QED) is 0.910. The van der Waals surface area contributed by atoms with Crippen LogP contribution in [0.15, 0.2) is 22.7 Å². The highest BCUT2D eigenvalue weighted by Crippen LogP contribution is 2.18. The standard InChI is InChI=1S/C14H19N5O/c1-10-5-4-6-12(16-10)14-17-13(18-20-14)11(15)9-19-7-2-3-8-19/h4-6,11H,2-3,7-9,15H2,1H3. The molecule has 0 aromatic carbocycles. The largest absolute Gasteiger partial charge is 0.332 e. The Morgan fingerprint density at radius 3 is 2.85 bits per heavy atom. The summed E-state index contributed by atoms with van der Waals surface area (Å²) in [6.07, 6.45) is 2.49. The molecule has 1 aliphatic rings. The molecule has 0 saturated carbocycles. The Morgan fingerprint density at radius 1 is 1.30 bits per heavy atom. The van der Waals surface area contributed by atoms with Gasteiger partial charge in [-0.15, -0.1) is 0 Å². The fourth-order valence-corrected chi connectivity index (χ4v) is 2.48. The van der Waals surface area contributed by atoms with Crippen LogP contribution in [-0.2, 0) is 0 Å². The second-order valence-electron chi connectivity index (χ2n) is 5.24. The van der Waals surface area contributed by atoms with Gasteiger partial charge in [-0.3, -0.25) is 0 Å². The summed E-state index contributed by atoms with van der Waals surface area (Å²) in [5.74, 6) is 0.982. The van der Waals surface area contributed by atoms with Crippen molar-refractivity contribution >= 4 is 0 Å². The van der Waals surface area contributed by atoms with Crippen LogP contribution in [0.25, 0.3) is 11.6 Å². The number of hydrogen-bond acceptors (Lipinski definition) is 6. The van der Waals surface area contributed by atoms with Crippen LogP contribution in [-0.4, -0.2) is 39.7 Å². The van der Waals surface area contributed by atoms with Gasteiger partial charge in [-0.05, 0) is 45.0 Å². The number of aromatic nitrogens is 3. The van der Waals surface area contributed by atoms with E-state index in [9.17, 15) is 0 Å². The minimum atomic E-state index is -0.213. The molecule has 3 rings (SSSR count). The molecule has 1 fully saturated rings. The van der Waals surface area contributed by atoms with E-state index in [1.165, 1.54) is 12.8 Å². The molecule has 3 heterocycles. The lowest BCUT2D eigenvalue weighted by molar-refractivity contribution is 0.306. The summed E-state index contributed by atoms with van der Waals surface area (Å²) < 4.78 is 5.27. The normalized spacial score (nSPS) is 17.5. The zero-order chi connectivity index (χ0) is 13.9. The minimum Gasteiger partial charge on any atom is -0.332 e. The van der Waals surface area contributed by atoms with Crippen molar-refractivity contribution in [2.24, 2.45) is 5.73 Å². The van der Waals surface area contributed by atoms with E-state index in [-0.39, 0.29) is 6.04 Å². The molecular formula is C14H19N5O. The van der Waals surface area contributed by atoms with Crippen LogP contribution in [0.1, 0.15) is 30.4 Å². The van der Waals surface area contributed by atoms with Crippen molar-refractivity contribution in [2.45, 2.75) is 25.8 Å². The maximum atomic E-state index is 6.15. The second-order valence-corrected chi connectivity index (χ2v) is 5.24. The third-order valence-corrected chi connectivity index (χ3v) is 3.53. The van der Waals surface area contributed by atoms with Gasteiger partial charge in [0.2, 0.25) is 0 Å². The zero-order valence-corrected chi connectivity index (χ0v) is 11.6. The molecule has 2 N–H and O–H groups in total. The summed E-state index contributed by atoms with van der Waals surface area (Å²) in [5, 5.41) is 3.99. The Balaban J connectivity index is 1.72. The first kappa shape index (κ1) is 13.2. The lowest BCUT2D eigenvalue weighted by Crippen LogP contribution is -2.30. The van der Waals surface area contributed by atoms with Crippen LogP contribution in [0.4, 0.5) is 0 Å². The Labute approximate surface area is 118 Å². The Morgan fingerprint density at radius 2 is 2.10 bits per heavy atom. The number of rotatable bonds is 4. The number of nitrogens with two attached hydrogens (primary N) is 1. The number of pyridine rings is 1. The Bertz CT molecular complexity index is 576. The fraction of sp³-hybridized carbons (Fsp3) is 0.500. The number of hydrogen-bond donors (Lipinski definition) is 1. The first-order chi connectivity index (χ1) is 9.72. The Hall–Kier alpha value is -1.79. The van der Waals surface area contributed by atoms with Crippen molar-refractivity contribution in [1.82, 2.24) is 20.0 Å². The first-order valence-corrected chi connectivity index (χ1v) is 6.98. The third kappa shape index (κ3) is 2.86. The fourth-order valence-electron chi connectivity index (χ4n) is 2.48. The molecule has 0 spiro atoms. The summed E-state index contributed by atoms with van der Waals surface area (Å²) >= 11 is 0. The third-order valence-electron chi connectivity index (χ3n) is 3.53. The van der Waals surface area contributed by atoms with Gasteiger partial charge < -0.3 is 15.2 Å². The average molecular weight is 273 g/mol. The van der Waals surface area contributed by atoms with Gasteiger partial charge in [0, 0.05) is 12.2 Å². The highest BCUT2D eigenvalue weighted by atomic mass is 16.5. The second kappa shape index (κ2) is 5.68. The van der Waals surface area contributed by atoms with E-state index in [1.807, 2.05) is 25.1 Å². The monoisotopic (exact) mass is 273 g/mol. The maximum absolute atomic E-state index is 6.15.